The van der Waals surface area contributed by atoms with Crippen LogP contribution < -0.4 is 5.73 Å². The molecule has 2 saturated heterocycles. The molecule has 8 heteroatoms. The van der Waals surface area contributed by atoms with E-state index in [-0.39, 0.29) is 24.0 Å². The number of likely N-dealkylation sites (tertiary alicyclic amines) is 2. The molecule has 2 aromatic rings. The van der Waals surface area contributed by atoms with E-state index >= 15 is 0 Å². The fourth-order valence-electron chi connectivity index (χ4n) is 7.44. The van der Waals surface area contributed by atoms with Crippen molar-refractivity contribution in [2.75, 3.05) is 26.2 Å². The van der Waals surface area contributed by atoms with E-state index in [2.05, 4.69) is 16.7 Å². The molecule has 6 rings (SSSR count). The first-order chi connectivity index (χ1) is 19.1. The SMILES string of the molecule is C[C@@H]1CCN(C2CCC(O)(c3ccc(F)cc3)CC2)C1.Cl.N[C@@H]1CCN(C2CCC(O)(c3ccc(F)cc3)CC2)C1. The van der Waals surface area contributed by atoms with Crippen LogP contribution in [0.25, 0.3) is 0 Å². The van der Waals surface area contributed by atoms with Gasteiger partial charge >= 0.3 is 0 Å². The van der Waals surface area contributed by atoms with Crippen molar-refractivity contribution >= 4 is 12.4 Å². The topological polar surface area (TPSA) is 73.0 Å². The highest BCUT2D eigenvalue weighted by Crippen LogP contribution is 2.40. The van der Waals surface area contributed by atoms with Crippen molar-refractivity contribution in [1.29, 1.82) is 0 Å². The van der Waals surface area contributed by atoms with Crippen LogP contribution >= 0.6 is 12.4 Å². The van der Waals surface area contributed by atoms with Crippen LogP contribution in [0.1, 0.15) is 82.3 Å². The zero-order chi connectivity index (χ0) is 28.3. The van der Waals surface area contributed by atoms with Crippen LogP contribution in [-0.2, 0) is 11.2 Å². The summed E-state index contributed by atoms with van der Waals surface area (Å²) < 4.78 is 26.0. The molecule has 2 aliphatic heterocycles. The Balaban J connectivity index is 0.000000184. The molecule has 0 spiro atoms. The van der Waals surface area contributed by atoms with E-state index in [1.54, 1.807) is 24.3 Å². The number of nitrogens with two attached hydrogens (primary N) is 1. The molecule has 2 saturated carbocycles. The van der Waals surface area contributed by atoms with Gasteiger partial charge in [-0.2, -0.15) is 0 Å². The molecule has 2 aromatic carbocycles. The number of nitrogens with zero attached hydrogens (tertiary/aromatic N) is 2. The Labute approximate surface area is 250 Å². The Hall–Kier alpha value is -1.61. The molecule has 228 valence electrons. The minimum Gasteiger partial charge on any atom is -0.385 e. The van der Waals surface area contributed by atoms with Crippen LogP contribution in [0.5, 0.6) is 0 Å². The number of aliphatic hydroxyl groups is 2. The van der Waals surface area contributed by atoms with E-state index in [1.807, 2.05) is 0 Å². The van der Waals surface area contributed by atoms with Gasteiger partial charge in [-0.15, -0.1) is 12.4 Å². The maximum atomic E-state index is 13.0. The summed E-state index contributed by atoms with van der Waals surface area (Å²) in [4.78, 5) is 5.06. The molecule has 4 aliphatic rings. The third-order valence-electron chi connectivity index (χ3n) is 10.1. The molecule has 2 atom stereocenters. The highest BCUT2D eigenvalue weighted by molar-refractivity contribution is 5.85. The largest absolute Gasteiger partial charge is 0.385 e. The lowest BCUT2D eigenvalue weighted by Crippen LogP contribution is -2.42. The van der Waals surface area contributed by atoms with Crippen molar-refractivity contribution in [2.24, 2.45) is 11.7 Å². The summed E-state index contributed by atoms with van der Waals surface area (Å²) in [6, 6.07) is 14.1. The van der Waals surface area contributed by atoms with E-state index in [9.17, 15) is 19.0 Å². The summed E-state index contributed by atoms with van der Waals surface area (Å²) >= 11 is 0. The monoisotopic (exact) mass is 591 g/mol. The smallest absolute Gasteiger partial charge is 0.123 e. The van der Waals surface area contributed by atoms with Gasteiger partial charge in [0.2, 0.25) is 0 Å². The fraction of sp³-hybridized carbons (Fsp3) is 0.636. The van der Waals surface area contributed by atoms with Crippen molar-refractivity contribution < 1.29 is 19.0 Å². The minimum absolute atomic E-state index is 0. The second kappa shape index (κ2) is 13.8. The maximum Gasteiger partial charge on any atom is 0.123 e. The van der Waals surface area contributed by atoms with Gasteiger partial charge in [0.25, 0.3) is 0 Å². The Kier molecular flexibility index (Phi) is 10.9. The highest BCUT2D eigenvalue weighted by atomic mass is 35.5. The number of rotatable bonds is 4. The lowest BCUT2D eigenvalue weighted by atomic mass is 9.77. The predicted molar refractivity (Wildman–Crippen MR) is 162 cm³/mol. The van der Waals surface area contributed by atoms with Crippen LogP contribution in [0.4, 0.5) is 8.78 Å². The lowest BCUT2D eigenvalue weighted by Gasteiger charge is -2.40. The van der Waals surface area contributed by atoms with Gasteiger partial charge in [-0.25, -0.2) is 8.78 Å². The van der Waals surface area contributed by atoms with Crippen molar-refractivity contribution in [3.63, 3.8) is 0 Å². The highest BCUT2D eigenvalue weighted by Gasteiger charge is 2.39. The standard InChI is InChI=1S/C17H24FNO.C16H23FN2O.ClH/c1-13-8-11-19(12-13)16-6-9-17(20,10-7-16)14-2-4-15(18)5-3-14;17-13-3-1-12(2-4-13)16(20)8-5-15(6-9-16)19-10-7-14(18)11-19;/h2-5,13,16,20H,6-12H2,1H3;1-4,14-15,20H,5-11,18H2;1H/t13-,16?,17?;14-,15?,16?;/m11./s1. The van der Waals surface area contributed by atoms with Crippen molar-refractivity contribution in [1.82, 2.24) is 9.80 Å². The fourth-order valence-corrected chi connectivity index (χ4v) is 7.44. The summed E-state index contributed by atoms with van der Waals surface area (Å²) in [5.41, 5.74) is 6.13. The summed E-state index contributed by atoms with van der Waals surface area (Å²) in [7, 11) is 0. The predicted octanol–water partition coefficient (Wildman–Crippen LogP) is 5.71. The average Bonchev–Trinajstić information content (AvgIpc) is 3.59. The van der Waals surface area contributed by atoms with Crippen molar-refractivity contribution in [3.05, 3.63) is 71.3 Å². The number of hydrogen-bond donors (Lipinski definition) is 3. The van der Waals surface area contributed by atoms with Crippen LogP contribution in [0, 0.1) is 17.6 Å². The zero-order valence-corrected chi connectivity index (χ0v) is 25.2. The van der Waals surface area contributed by atoms with E-state index in [1.165, 1.54) is 43.8 Å². The molecule has 5 nitrogen and oxygen atoms in total. The third kappa shape index (κ3) is 7.87. The first-order valence-electron chi connectivity index (χ1n) is 15.3. The second-order valence-corrected chi connectivity index (χ2v) is 13.0. The molecular formula is C33H48ClF2N3O2. The molecule has 0 aromatic heterocycles. The molecule has 0 unspecified atom stereocenters. The van der Waals surface area contributed by atoms with Crippen LogP contribution in [0.2, 0.25) is 0 Å². The molecule has 0 amide bonds. The molecule has 0 bridgehead atoms. The van der Waals surface area contributed by atoms with Gasteiger partial charge in [-0.05, 0) is 112 Å². The molecule has 2 aliphatic carbocycles. The second-order valence-electron chi connectivity index (χ2n) is 13.0. The lowest BCUT2D eigenvalue weighted by molar-refractivity contribution is -0.0226. The van der Waals surface area contributed by atoms with Gasteiger partial charge in [-0.1, -0.05) is 31.2 Å². The maximum absolute atomic E-state index is 13.0. The number of benzene rings is 2. The Morgan fingerprint density at radius 1 is 0.659 bits per heavy atom. The van der Waals surface area contributed by atoms with Crippen molar-refractivity contribution in [2.45, 2.75) is 100 Å². The molecule has 4 N–H and O–H groups in total. The third-order valence-corrected chi connectivity index (χ3v) is 10.1. The summed E-state index contributed by atoms with van der Waals surface area (Å²) in [5, 5.41) is 21.6. The van der Waals surface area contributed by atoms with Gasteiger partial charge in [-0.3, -0.25) is 4.90 Å². The van der Waals surface area contributed by atoms with Gasteiger partial charge in [0, 0.05) is 37.8 Å². The summed E-state index contributed by atoms with van der Waals surface area (Å²) in [6.07, 6.45) is 9.51. The average molecular weight is 592 g/mol. The molecule has 2 heterocycles. The Morgan fingerprint density at radius 3 is 1.39 bits per heavy atom. The molecule has 4 fully saturated rings. The molecular weight excluding hydrogens is 544 g/mol. The normalized spacial score (nSPS) is 34.5. The first-order valence-corrected chi connectivity index (χ1v) is 15.3. The quantitative estimate of drug-likeness (QED) is 0.425. The van der Waals surface area contributed by atoms with Gasteiger partial charge in [0.05, 0.1) is 11.2 Å². The van der Waals surface area contributed by atoms with E-state index in [0.717, 1.165) is 87.9 Å². The molecule has 0 radical (unpaired) electrons. The van der Waals surface area contributed by atoms with E-state index in [4.69, 9.17) is 5.73 Å². The first kappa shape index (κ1) is 32.3. The number of halogens is 3. The Bertz CT molecular complexity index is 999. The van der Waals surface area contributed by atoms with Crippen LogP contribution in [-0.4, -0.2) is 64.3 Å². The van der Waals surface area contributed by atoms with Gasteiger partial charge in [0.15, 0.2) is 0 Å². The van der Waals surface area contributed by atoms with E-state index < -0.39 is 11.2 Å². The Morgan fingerprint density at radius 2 is 1.05 bits per heavy atom. The number of hydrogen-bond acceptors (Lipinski definition) is 5. The zero-order valence-electron chi connectivity index (χ0n) is 24.4. The van der Waals surface area contributed by atoms with E-state index in [0.29, 0.717) is 18.1 Å². The summed E-state index contributed by atoms with van der Waals surface area (Å²) in [5.74, 6) is 0.321. The molecule has 41 heavy (non-hydrogen) atoms. The minimum atomic E-state index is -0.786. The van der Waals surface area contributed by atoms with Crippen molar-refractivity contribution in [3.8, 4) is 0 Å². The van der Waals surface area contributed by atoms with Crippen LogP contribution in [0.15, 0.2) is 48.5 Å². The van der Waals surface area contributed by atoms with Gasteiger partial charge < -0.3 is 20.8 Å². The van der Waals surface area contributed by atoms with Crippen LogP contribution in [0.3, 0.4) is 0 Å². The van der Waals surface area contributed by atoms with Gasteiger partial charge in [0.1, 0.15) is 11.6 Å². The summed E-state index contributed by atoms with van der Waals surface area (Å²) in [6.45, 7) is 6.80.